The summed E-state index contributed by atoms with van der Waals surface area (Å²) in [6.45, 7) is 1.47. The number of hydrogen-bond donors (Lipinski definition) is 0. The lowest BCUT2D eigenvalue weighted by Gasteiger charge is -2.08. The van der Waals surface area contributed by atoms with Crippen LogP contribution >= 0.6 is 15.9 Å². The van der Waals surface area contributed by atoms with Crippen molar-refractivity contribution in [1.29, 1.82) is 0 Å². The summed E-state index contributed by atoms with van der Waals surface area (Å²) in [5.41, 5.74) is 3.45. The van der Waals surface area contributed by atoms with Crippen molar-refractivity contribution in [1.82, 2.24) is 9.78 Å². The van der Waals surface area contributed by atoms with Gasteiger partial charge < -0.3 is 4.74 Å². The van der Waals surface area contributed by atoms with Crippen molar-refractivity contribution >= 4 is 15.9 Å². The summed E-state index contributed by atoms with van der Waals surface area (Å²) in [4.78, 5) is 0. The zero-order chi connectivity index (χ0) is 11.0. The molecule has 0 bridgehead atoms. The maximum Gasteiger partial charge on any atom is 0.0750 e. The van der Waals surface area contributed by atoms with Crippen LogP contribution in [-0.2, 0) is 17.8 Å². The highest BCUT2D eigenvalue weighted by Gasteiger charge is 2.14. The van der Waals surface area contributed by atoms with Gasteiger partial charge in [0.25, 0.3) is 0 Å². The van der Waals surface area contributed by atoms with Gasteiger partial charge in [-0.3, -0.25) is 0 Å². The van der Waals surface area contributed by atoms with E-state index >= 15 is 0 Å². The first kappa shape index (κ1) is 10.1. The molecule has 82 valence electrons. The molecule has 0 atom stereocenters. The highest BCUT2D eigenvalue weighted by molar-refractivity contribution is 9.10. The molecule has 3 nitrogen and oxygen atoms in total. The Bertz CT molecular complexity index is 481. The largest absolute Gasteiger partial charge is 0.376 e. The molecule has 16 heavy (non-hydrogen) atoms. The lowest BCUT2D eigenvalue weighted by Crippen LogP contribution is -2.08. The number of fused-ring (bicyclic) bond motifs is 1. The third-order valence-electron chi connectivity index (χ3n) is 2.71. The molecule has 1 aliphatic rings. The molecule has 0 saturated heterocycles. The van der Waals surface area contributed by atoms with Gasteiger partial charge >= 0.3 is 0 Å². The van der Waals surface area contributed by atoms with E-state index in [1.54, 1.807) is 0 Å². The second-order valence-corrected chi connectivity index (χ2v) is 4.74. The molecule has 0 N–H and O–H groups in total. The van der Waals surface area contributed by atoms with E-state index < -0.39 is 0 Å². The Labute approximate surface area is 102 Å². The maximum atomic E-state index is 5.40. The number of aromatic nitrogens is 2. The van der Waals surface area contributed by atoms with Gasteiger partial charge in [-0.15, -0.1) is 0 Å². The number of halogens is 1. The Kier molecular flexibility index (Phi) is 2.53. The molecule has 0 aliphatic carbocycles. The fourth-order valence-electron chi connectivity index (χ4n) is 1.85. The van der Waals surface area contributed by atoms with Gasteiger partial charge in [0.05, 0.1) is 24.6 Å². The van der Waals surface area contributed by atoms with Crippen LogP contribution in [0.4, 0.5) is 0 Å². The SMILES string of the molecule is Brc1ccc(-n2cc3c(n2)CCOC3)cc1. The minimum absolute atomic E-state index is 0.686. The van der Waals surface area contributed by atoms with Crippen LogP contribution in [0.25, 0.3) is 5.69 Å². The fraction of sp³-hybridized carbons (Fsp3) is 0.250. The zero-order valence-electron chi connectivity index (χ0n) is 8.69. The molecule has 0 fully saturated rings. The summed E-state index contributed by atoms with van der Waals surface area (Å²) in [6, 6.07) is 8.13. The number of benzene rings is 1. The van der Waals surface area contributed by atoms with Gasteiger partial charge in [-0.25, -0.2) is 4.68 Å². The predicted octanol–water partition coefficient (Wildman–Crippen LogP) is 2.71. The minimum atomic E-state index is 0.686. The maximum absolute atomic E-state index is 5.40. The fourth-order valence-corrected chi connectivity index (χ4v) is 2.12. The number of hydrogen-bond acceptors (Lipinski definition) is 2. The molecule has 1 aromatic carbocycles. The molecular formula is C12H11BrN2O. The van der Waals surface area contributed by atoms with Crippen LogP contribution in [-0.4, -0.2) is 16.4 Å². The molecule has 0 saturated carbocycles. The van der Waals surface area contributed by atoms with Crippen molar-refractivity contribution in [2.75, 3.05) is 6.61 Å². The van der Waals surface area contributed by atoms with Crippen LogP contribution in [0.1, 0.15) is 11.3 Å². The quantitative estimate of drug-likeness (QED) is 0.802. The summed E-state index contributed by atoms with van der Waals surface area (Å²) < 4.78 is 8.41. The van der Waals surface area contributed by atoms with E-state index in [-0.39, 0.29) is 0 Å². The van der Waals surface area contributed by atoms with E-state index in [1.165, 1.54) is 5.56 Å². The molecule has 2 heterocycles. The predicted molar refractivity (Wildman–Crippen MR) is 64.6 cm³/mol. The summed E-state index contributed by atoms with van der Waals surface area (Å²) in [7, 11) is 0. The van der Waals surface area contributed by atoms with E-state index in [4.69, 9.17) is 4.74 Å². The first-order valence-electron chi connectivity index (χ1n) is 5.24. The Morgan fingerprint density at radius 2 is 2.06 bits per heavy atom. The van der Waals surface area contributed by atoms with Crippen molar-refractivity contribution in [3.8, 4) is 5.69 Å². The second-order valence-electron chi connectivity index (χ2n) is 3.82. The van der Waals surface area contributed by atoms with Crippen LogP contribution in [0, 0.1) is 0 Å². The number of rotatable bonds is 1. The average Bonchev–Trinajstić information content (AvgIpc) is 2.73. The Morgan fingerprint density at radius 3 is 2.81 bits per heavy atom. The lowest BCUT2D eigenvalue weighted by molar-refractivity contribution is 0.110. The van der Waals surface area contributed by atoms with Crippen molar-refractivity contribution in [3.05, 3.63) is 46.2 Å². The molecule has 1 aliphatic heterocycles. The molecule has 0 spiro atoms. The van der Waals surface area contributed by atoms with Crippen molar-refractivity contribution in [2.45, 2.75) is 13.0 Å². The van der Waals surface area contributed by atoms with E-state index in [0.29, 0.717) is 6.61 Å². The first-order chi connectivity index (χ1) is 7.83. The van der Waals surface area contributed by atoms with E-state index in [0.717, 1.165) is 28.9 Å². The Hall–Kier alpha value is -1.13. The van der Waals surface area contributed by atoms with Gasteiger partial charge in [0.2, 0.25) is 0 Å². The summed E-state index contributed by atoms with van der Waals surface area (Å²) in [6.07, 6.45) is 2.97. The first-order valence-corrected chi connectivity index (χ1v) is 6.03. The molecular weight excluding hydrogens is 268 g/mol. The molecule has 0 unspecified atom stereocenters. The second kappa shape index (κ2) is 4.03. The molecule has 0 amide bonds. The van der Waals surface area contributed by atoms with Gasteiger partial charge in [0.1, 0.15) is 0 Å². The number of ether oxygens (including phenoxy) is 1. The highest BCUT2D eigenvalue weighted by atomic mass is 79.9. The molecule has 3 rings (SSSR count). The third kappa shape index (κ3) is 1.79. The van der Waals surface area contributed by atoms with Gasteiger partial charge in [-0.1, -0.05) is 15.9 Å². The topological polar surface area (TPSA) is 27.1 Å². The van der Waals surface area contributed by atoms with Gasteiger partial charge in [0, 0.05) is 22.7 Å². The Balaban J connectivity index is 2.00. The van der Waals surface area contributed by atoms with Crippen molar-refractivity contribution in [2.24, 2.45) is 0 Å². The standard InChI is InChI=1S/C12H11BrN2O/c13-10-1-3-11(4-2-10)15-7-9-8-16-6-5-12(9)14-15/h1-4,7H,5-6,8H2. The smallest absolute Gasteiger partial charge is 0.0750 e. The highest BCUT2D eigenvalue weighted by Crippen LogP contribution is 2.19. The van der Waals surface area contributed by atoms with Crippen LogP contribution in [0.3, 0.4) is 0 Å². The van der Waals surface area contributed by atoms with Gasteiger partial charge in [-0.2, -0.15) is 5.10 Å². The summed E-state index contributed by atoms with van der Waals surface area (Å²) in [5.74, 6) is 0. The van der Waals surface area contributed by atoms with Crippen LogP contribution in [0.2, 0.25) is 0 Å². The zero-order valence-corrected chi connectivity index (χ0v) is 10.3. The van der Waals surface area contributed by atoms with Crippen LogP contribution in [0.15, 0.2) is 34.9 Å². The lowest BCUT2D eigenvalue weighted by atomic mass is 10.2. The van der Waals surface area contributed by atoms with Crippen molar-refractivity contribution < 1.29 is 4.74 Å². The van der Waals surface area contributed by atoms with Crippen LogP contribution < -0.4 is 0 Å². The van der Waals surface area contributed by atoms with E-state index in [1.807, 2.05) is 28.9 Å². The minimum Gasteiger partial charge on any atom is -0.376 e. The van der Waals surface area contributed by atoms with E-state index in [2.05, 4.69) is 27.2 Å². The van der Waals surface area contributed by atoms with Crippen molar-refractivity contribution in [3.63, 3.8) is 0 Å². The van der Waals surface area contributed by atoms with Crippen LogP contribution in [0.5, 0.6) is 0 Å². The van der Waals surface area contributed by atoms with Gasteiger partial charge in [0.15, 0.2) is 0 Å². The summed E-state index contributed by atoms with van der Waals surface area (Å²) in [5, 5.41) is 4.57. The molecule has 0 radical (unpaired) electrons. The average molecular weight is 279 g/mol. The summed E-state index contributed by atoms with van der Waals surface area (Å²) >= 11 is 3.43. The monoisotopic (exact) mass is 278 g/mol. The number of nitrogens with zero attached hydrogens (tertiary/aromatic N) is 2. The normalized spacial score (nSPS) is 14.8. The Morgan fingerprint density at radius 1 is 1.25 bits per heavy atom. The van der Waals surface area contributed by atoms with Gasteiger partial charge in [-0.05, 0) is 24.3 Å². The molecule has 2 aromatic rings. The van der Waals surface area contributed by atoms with E-state index in [9.17, 15) is 0 Å². The molecule has 4 heteroatoms. The third-order valence-corrected chi connectivity index (χ3v) is 3.24. The molecule has 1 aromatic heterocycles.